The van der Waals surface area contributed by atoms with Crippen molar-refractivity contribution in [1.29, 1.82) is 0 Å². The third-order valence-electron chi connectivity index (χ3n) is 3.82. The summed E-state index contributed by atoms with van der Waals surface area (Å²) in [4.78, 5) is 11.9. The van der Waals surface area contributed by atoms with Crippen LogP contribution in [0, 0.1) is 0 Å². The maximum atomic E-state index is 11.9. The number of hydrogen-bond donors (Lipinski definition) is 1. The van der Waals surface area contributed by atoms with Gasteiger partial charge in [0.1, 0.15) is 6.10 Å². The Bertz CT molecular complexity index is 481. The van der Waals surface area contributed by atoms with Crippen molar-refractivity contribution < 1.29 is 18.7 Å². The predicted octanol–water partition coefficient (Wildman–Crippen LogP) is 2.85. The van der Waals surface area contributed by atoms with Gasteiger partial charge >= 0.3 is 0 Å². The molecule has 1 saturated carbocycles. The maximum absolute atomic E-state index is 11.9. The van der Waals surface area contributed by atoms with Gasteiger partial charge in [0, 0.05) is 19.4 Å². The van der Waals surface area contributed by atoms with Crippen LogP contribution in [0.5, 0.6) is 0 Å². The lowest BCUT2D eigenvalue weighted by molar-refractivity contribution is -0.186. The Morgan fingerprint density at radius 3 is 2.85 bits per heavy atom. The molecule has 1 amide bonds. The molecule has 2 aliphatic rings. The SMILES string of the molecule is O=C(NC[C@H]1COC2(CCCCC2)O1)c1ccc(Br)o1. The lowest BCUT2D eigenvalue weighted by Gasteiger charge is -2.31. The summed E-state index contributed by atoms with van der Waals surface area (Å²) < 4.78 is 17.6. The zero-order chi connectivity index (χ0) is 14.0. The lowest BCUT2D eigenvalue weighted by Crippen LogP contribution is -2.37. The topological polar surface area (TPSA) is 60.7 Å². The Hall–Kier alpha value is -0.850. The number of amides is 1. The van der Waals surface area contributed by atoms with E-state index in [0.717, 1.165) is 25.7 Å². The van der Waals surface area contributed by atoms with Crippen molar-refractivity contribution in [2.75, 3.05) is 13.2 Å². The first-order valence-electron chi connectivity index (χ1n) is 7.02. The molecular weight excluding hydrogens is 326 g/mol. The molecule has 3 rings (SSSR count). The van der Waals surface area contributed by atoms with Gasteiger partial charge in [-0.3, -0.25) is 4.79 Å². The zero-order valence-corrected chi connectivity index (χ0v) is 12.8. The highest BCUT2D eigenvalue weighted by molar-refractivity contribution is 9.10. The molecule has 20 heavy (non-hydrogen) atoms. The quantitative estimate of drug-likeness (QED) is 0.916. The Balaban J connectivity index is 1.49. The van der Waals surface area contributed by atoms with Crippen LogP contribution in [0.15, 0.2) is 21.2 Å². The van der Waals surface area contributed by atoms with E-state index in [1.807, 2.05) is 0 Å². The van der Waals surface area contributed by atoms with Crippen LogP contribution in [0.3, 0.4) is 0 Å². The number of carbonyl (C=O) groups is 1. The molecule has 1 N–H and O–H groups in total. The first-order valence-corrected chi connectivity index (χ1v) is 7.81. The molecule has 1 aliphatic heterocycles. The Morgan fingerprint density at radius 2 is 2.15 bits per heavy atom. The summed E-state index contributed by atoms with van der Waals surface area (Å²) in [7, 11) is 0. The lowest BCUT2D eigenvalue weighted by atomic mass is 9.94. The van der Waals surface area contributed by atoms with Gasteiger partial charge in [0.05, 0.1) is 6.61 Å². The van der Waals surface area contributed by atoms with Gasteiger partial charge in [-0.05, 0) is 40.9 Å². The summed E-state index contributed by atoms with van der Waals surface area (Å²) >= 11 is 3.17. The van der Waals surface area contributed by atoms with E-state index in [0.29, 0.717) is 23.6 Å². The minimum absolute atomic E-state index is 0.0737. The molecule has 0 unspecified atom stereocenters. The fraction of sp³-hybridized carbons (Fsp3) is 0.643. The fourth-order valence-corrected chi connectivity index (χ4v) is 3.11. The molecule has 2 fully saturated rings. The molecule has 1 spiro atoms. The van der Waals surface area contributed by atoms with Crippen LogP contribution in [-0.2, 0) is 9.47 Å². The minimum Gasteiger partial charge on any atom is -0.444 e. The van der Waals surface area contributed by atoms with Gasteiger partial charge in [-0.15, -0.1) is 0 Å². The third kappa shape index (κ3) is 3.07. The van der Waals surface area contributed by atoms with Crippen molar-refractivity contribution in [3.8, 4) is 0 Å². The van der Waals surface area contributed by atoms with Crippen LogP contribution in [0.2, 0.25) is 0 Å². The van der Waals surface area contributed by atoms with E-state index in [2.05, 4.69) is 21.2 Å². The molecular formula is C14H18BrNO4. The number of rotatable bonds is 3. The average Bonchev–Trinajstić information content (AvgIpc) is 3.05. The first-order chi connectivity index (χ1) is 9.67. The second-order valence-corrected chi connectivity index (χ2v) is 6.12. The number of nitrogens with one attached hydrogen (secondary N) is 1. The van der Waals surface area contributed by atoms with Crippen molar-refractivity contribution in [2.45, 2.75) is 44.0 Å². The molecule has 0 radical (unpaired) electrons. The van der Waals surface area contributed by atoms with Crippen molar-refractivity contribution >= 4 is 21.8 Å². The van der Waals surface area contributed by atoms with E-state index < -0.39 is 0 Å². The zero-order valence-electron chi connectivity index (χ0n) is 11.2. The van der Waals surface area contributed by atoms with E-state index in [-0.39, 0.29) is 17.8 Å². The van der Waals surface area contributed by atoms with Gasteiger partial charge in [-0.25, -0.2) is 0 Å². The monoisotopic (exact) mass is 343 g/mol. The van der Waals surface area contributed by atoms with Crippen molar-refractivity contribution in [3.05, 3.63) is 22.6 Å². The number of furan rings is 1. The predicted molar refractivity (Wildman–Crippen MR) is 75.4 cm³/mol. The molecule has 0 aromatic carbocycles. The Labute approximate surface area is 126 Å². The summed E-state index contributed by atoms with van der Waals surface area (Å²) in [6.07, 6.45) is 5.41. The number of carbonyl (C=O) groups excluding carboxylic acids is 1. The second kappa shape index (κ2) is 5.87. The molecule has 1 aromatic rings. The van der Waals surface area contributed by atoms with Crippen LogP contribution in [0.1, 0.15) is 42.7 Å². The minimum atomic E-state index is -0.388. The van der Waals surface area contributed by atoms with E-state index >= 15 is 0 Å². The molecule has 1 atom stereocenters. The van der Waals surface area contributed by atoms with Crippen molar-refractivity contribution in [1.82, 2.24) is 5.32 Å². The maximum Gasteiger partial charge on any atom is 0.287 e. The standard InChI is InChI=1S/C14H18BrNO4/c15-12-5-4-11(19-12)13(17)16-8-10-9-18-14(20-10)6-2-1-3-7-14/h4-5,10H,1-3,6-9H2,(H,16,17)/t10-/m0/s1. The molecule has 1 aromatic heterocycles. The highest BCUT2D eigenvalue weighted by Crippen LogP contribution is 2.37. The molecule has 5 nitrogen and oxygen atoms in total. The summed E-state index contributed by atoms with van der Waals surface area (Å²) in [5.74, 6) is -0.325. The van der Waals surface area contributed by atoms with Gasteiger partial charge < -0.3 is 19.2 Å². The molecule has 110 valence electrons. The van der Waals surface area contributed by atoms with Gasteiger partial charge in [0.2, 0.25) is 0 Å². The van der Waals surface area contributed by atoms with Crippen LogP contribution >= 0.6 is 15.9 Å². The Kier molecular flexibility index (Phi) is 4.14. The highest BCUT2D eigenvalue weighted by atomic mass is 79.9. The fourth-order valence-electron chi connectivity index (χ4n) is 2.80. The van der Waals surface area contributed by atoms with Crippen LogP contribution in [-0.4, -0.2) is 30.9 Å². The van der Waals surface area contributed by atoms with Gasteiger partial charge in [-0.2, -0.15) is 0 Å². The summed E-state index contributed by atoms with van der Waals surface area (Å²) in [6.45, 7) is 0.987. The summed E-state index contributed by atoms with van der Waals surface area (Å²) in [5.41, 5.74) is 0. The van der Waals surface area contributed by atoms with Gasteiger partial charge in [0.15, 0.2) is 16.2 Å². The van der Waals surface area contributed by atoms with Crippen LogP contribution < -0.4 is 5.32 Å². The average molecular weight is 344 g/mol. The summed E-state index contributed by atoms with van der Waals surface area (Å²) in [5, 5.41) is 2.82. The van der Waals surface area contributed by atoms with E-state index in [9.17, 15) is 4.79 Å². The Morgan fingerprint density at radius 1 is 1.35 bits per heavy atom. The normalized spacial score (nSPS) is 24.9. The van der Waals surface area contributed by atoms with Crippen LogP contribution in [0.4, 0.5) is 0 Å². The van der Waals surface area contributed by atoms with Gasteiger partial charge in [0.25, 0.3) is 5.91 Å². The van der Waals surface area contributed by atoms with Crippen molar-refractivity contribution in [2.24, 2.45) is 0 Å². The molecule has 1 aliphatic carbocycles. The molecule has 2 heterocycles. The number of hydrogen-bond acceptors (Lipinski definition) is 4. The molecule has 6 heteroatoms. The van der Waals surface area contributed by atoms with E-state index in [4.69, 9.17) is 13.9 Å². The van der Waals surface area contributed by atoms with Gasteiger partial charge in [-0.1, -0.05) is 6.42 Å². The second-order valence-electron chi connectivity index (χ2n) is 5.34. The largest absolute Gasteiger partial charge is 0.444 e. The van der Waals surface area contributed by atoms with Crippen LogP contribution in [0.25, 0.3) is 0 Å². The van der Waals surface area contributed by atoms with E-state index in [1.54, 1.807) is 12.1 Å². The third-order valence-corrected chi connectivity index (χ3v) is 4.24. The molecule has 0 bridgehead atoms. The number of halogens is 1. The smallest absolute Gasteiger partial charge is 0.287 e. The summed E-state index contributed by atoms with van der Waals surface area (Å²) in [6, 6.07) is 3.33. The van der Waals surface area contributed by atoms with Crippen molar-refractivity contribution in [3.63, 3.8) is 0 Å². The first kappa shape index (κ1) is 14.1. The van der Waals surface area contributed by atoms with E-state index in [1.165, 1.54) is 6.42 Å². The highest BCUT2D eigenvalue weighted by Gasteiger charge is 2.42. The molecule has 1 saturated heterocycles. The number of ether oxygens (including phenoxy) is 2.